The van der Waals surface area contributed by atoms with Crippen molar-refractivity contribution in [3.8, 4) is 11.3 Å². The molecule has 1 aromatic heterocycles. The lowest BCUT2D eigenvalue weighted by atomic mass is 10.1. The van der Waals surface area contributed by atoms with Gasteiger partial charge >= 0.3 is 0 Å². The van der Waals surface area contributed by atoms with Crippen molar-refractivity contribution in [1.29, 1.82) is 0 Å². The van der Waals surface area contributed by atoms with E-state index in [0.29, 0.717) is 22.7 Å². The summed E-state index contributed by atoms with van der Waals surface area (Å²) in [6.45, 7) is 1.70. The molecule has 0 aliphatic carbocycles. The molecular weight excluding hydrogens is 183 g/mol. The normalized spacial score (nSPS) is 10.4. The third kappa shape index (κ3) is 1.46. The molecule has 2 N–H and O–H groups in total. The second-order valence-electron chi connectivity index (χ2n) is 3.08. The summed E-state index contributed by atoms with van der Waals surface area (Å²) in [6.07, 6.45) is 0. The lowest BCUT2D eigenvalue weighted by Crippen LogP contribution is -1.83. The monoisotopic (exact) mass is 192 g/mol. The number of nitrogens with zero attached hydrogens (tertiary/aromatic N) is 1. The van der Waals surface area contributed by atoms with Crippen molar-refractivity contribution < 1.29 is 8.91 Å². The molecule has 0 spiro atoms. The molecule has 2 rings (SSSR count). The fourth-order valence-electron chi connectivity index (χ4n) is 1.17. The van der Waals surface area contributed by atoms with Gasteiger partial charge in [0.05, 0.1) is 0 Å². The number of hydrogen-bond donors (Lipinski definition) is 1. The van der Waals surface area contributed by atoms with E-state index in [0.717, 1.165) is 0 Å². The fraction of sp³-hybridized carbons (Fsp3) is 0.100. The Morgan fingerprint density at radius 2 is 2.14 bits per heavy atom. The average Bonchev–Trinajstić information content (AvgIpc) is 2.57. The van der Waals surface area contributed by atoms with Gasteiger partial charge in [0.2, 0.25) is 0 Å². The zero-order valence-electron chi connectivity index (χ0n) is 7.62. The van der Waals surface area contributed by atoms with Crippen molar-refractivity contribution >= 4 is 5.82 Å². The Morgan fingerprint density at radius 3 is 2.71 bits per heavy atom. The van der Waals surface area contributed by atoms with Crippen LogP contribution >= 0.6 is 0 Å². The number of halogens is 1. The Balaban J connectivity index is 2.47. The first-order chi connectivity index (χ1) is 6.66. The van der Waals surface area contributed by atoms with E-state index in [4.69, 9.17) is 10.3 Å². The minimum absolute atomic E-state index is 0.266. The molecule has 72 valence electrons. The fourth-order valence-corrected chi connectivity index (χ4v) is 1.17. The van der Waals surface area contributed by atoms with Crippen LogP contribution in [0.5, 0.6) is 0 Å². The number of rotatable bonds is 1. The van der Waals surface area contributed by atoms with E-state index in [9.17, 15) is 4.39 Å². The summed E-state index contributed by atoms with van der Waals surface area (Å²) < 4.78 is 18.1. The van der Waals surface area contributed by atoms with Crippen molar-refractivity contribution in [1.82, 2.24) is 5.16 Å². The molecule has 0 radical (unpaired) electrons. The zero-order chi connectivity index (χ0) is 10.1. The maximum atomic E-state index is 13.2. The Morgan fingerprint density at radius 1 is 1.36 bits per heavy atom. The Kier molecular flexibility index (Phi) is 1.96. The van der Waals surface area contributed by atoms with Crippen molar-refractivity contribution in [3.05, 3.63) is 35.6 Å². The Labute approximate surface area is 80.3 Å². The van der Waals surface area contributed by atoms with Crippen LogP contribution in [0.4, 0.5) is 10.2 Å². The summed E-state index contributed by atoms with van der Waals surface area (Å²) in [6, 6.07) is 6.40. The minimum Gasteiger partial charge on any atom is -0.381 e. The lowest BCUT2D eigenvalue weighted by Gasteiger charge is -1.98. The molecule has 3 nitrogen and oxygen atoms in total. The highest BCUT2D eigenvalue weighted by molar-refractivity contribution is 5.60. The number of anilines is 1. The van der Waals surface area contributed by atoms with Gasteiger partial charge in [0.1, 0.15) is 5.82 Å². The Hall–Kier alpha value is -1.84. The average molecular weight is 192 g/mol. The molecule has 0 amide bonds. The minimum atomic E-state index is -0.266. The van der Waals surface area contributed by atoms with Gasteiger partial charge in [0.25, 0.3) is 0 Å². The summed E-state index contributed by atoms with van der Waals surface area (Å²) in [5.41, 5.74) is 6.62. The van der Waals surface area contributed by atoms with E-state index >= 15 is 0 Å². The SMILES string of the molecule is Cc1ccc(-c2cc(N)no2)cc1F. The first-order valence-electron chi connectivity index (χ1n) is 4.15. The van der Waals surface area contributed by atoms with E-state index in [2.05, 4.69) is 5.16 Å². The third-order valence-electron chi connectivity index (χ3n) is 1.98. The van der Waals surface area contributed by atoms with E-state index in [1.807, 2.05) is 0 Å². The van der Waals surface area contributed by atoms with Crippen LogP contribution < -0.4 is 5.73 Å². The van der Waals surface area contributed by atoms with Crippen LogP contribution in [-0.4, -0.2) is 5.16 Å². The molecule has 0 unspecified atom stereocenters. The van der Waals surface area contributed by atoms with Crippen molar-refractivity contribution in [2.24, 2.45) is 0 Å². The van der Waals surface area contributed by atoms with Crippen LogP contribution in [0.15, 0.2) is 28.8 Å². The van der Waals surface area contributed by atoms with Gasteiger partial charge in [-0.2, -0.15) is 0 Å². The first kappa shape index (κ1) is 8.74. The molecular formula is C10H9FN2O. The van der Waals surface area contributed by atoms with Crippen molar-refractivity contribution in [2.75, 3.05) is 5.73 Å². The molecule has 0 atom stereocenters. The molecule has 2 aromatic rings. The van der Waals surface area contributed by atoms with E-state index in [1.54, 1.807) is 25.1 Å². The molecule has 4 heteroatoms. The molecule has 0 aliphatic rings. The van der Waals surface area contributed by atoms with Gasteiger partial charge in [-0.05, 0) is 18.6 Å². The van der Waals surface area contributed by atoms with Gasteiger partial charge in [-0.1, -0.05) is 17.3 Å². The second kappa shape index (κ2) is 3.14. The molecule has 0 aliphatic heterocycles. The number of nitrogen functional groups attached to an aromatic ring is 1. The van der Waals surface area contributed by atoms with Gasteiger partial charge in [0.15, 0.2) is 11.6 Å². The van der Waals surface area contributed by atoms with E-state index in [1.165, 1.54) is 6.07 Å². The van der Waals surface area contributed by atoms with E-state index in [-0.39, 0.29) is 5.82 Å². The summed E-state index contributed by atoms with van der Waals surface area (Å²) in [7, 11) is 0. The van der Waals surface area contributed by atoms with Crippen LogP contribution in [0, 0.1) is 12.7 Å². The largest absolute Gasteiger partial charge is 0.381 e. The lowest BCUT2D eigenvalue weighted by molar-refractivity contribution is 0.435. The predicted molar refractivity (Wildman–Crippen MR) is 51.0 cm³/mol. The van der Waals surface area contributed by atoms with Crippen LogP contribution in [0.1, 0.15) is 5.56 Å². The van der Waals surface area contributed by atoms with Crippen LogP contribution in [-0.2, 0) is 0 Å². The predicted octanol–water partition coefficient (Wildman–Crippen LogP) is 2.37. The zero-order valence-corrected chi connectivity index (χ0v) is 7.62. The highest BCUT2D eigenvalue weighted by Gasteiger charge is 2.06. The summed E-state index contributed by atoms with van der Waals surface area (Å²) in [5.74, 6) is 0.500. The highest BCUT2D eigenvalue weighted by atomic mass is 19.1. The maximum Gasteiger partial charge on any atom is 0.169 e. The number of aromatic nitrogens is 1. The Bertz CT molecular complexity index is 465. The number of nitrogens with two attached hydrogens (primary N) is 1. The van der Waals surface area contributed by atoms with Crippen LogP contribution in [0.3, 0.4) is 0 Å². The van der Waals surface area contributed by atoms with Gasteiger partial charge in [0, 0.05) is 11.6 Å². The standard InChI is InChI=1S/C10H9FN2O/c1-6-2-3-7(4-8(6)11)9-5-10(12)13-14-9/h2-5H,1H3,(H2,12,13). The van der Waals surface area contributed by atoms with Gasteiger partial charge in [-0.3, -0.25) is 0 Å². The van der Waals surface area contributed by atoms with Crippen LogP contribution in [0.25, 0.3) is 11.3 Å². The molecule has 1 heterocycles. The van der Waals surface area contributed by atoms with Crippen molar-refractivity contribution in [3.63, 3.8) is 0 Å². The number of aryl methyl sites for hydroxylation is 1. The molecule has 1 aromatic carbocycles. The van der Waals surface area contributed by atoms with Crippen LogP contribution in [0.2, 0.25) is 0 Å². The van der Waals surface area contributed by atoms with Crippen molar-refractivity contribution in [2.45, 2.75) is 6.92 Å². The first-order valence-corrected chi connectivity index (χ1v) is 4.15. The topological polar surface area (TPSA) is 52.0 Å². The molecule has 0 bridgehead atoms. The van der Waals surface area contributed by atoms with E-state index < -0.39 is 0 Å². The molecule has 0 saturated carbocycles. The number of hydrogen-bond acceptors (Lipinski definition) is 3. The summed E-state index contributed by atoms with van der Waals surface area (Å²) >= 11 is 0. The second-order valence-corrected chi connectivity index (χ2v) is 3.08. The quantitative estimate of drug-likeness (QED) is 0.754. The third-order valence-corrected chi connectivity index (χ3v) is 1.98. The molecule has 14 heavy (non-hydrogen) atoms. The highest BCUT2D eigenvalue weighted by Crippen LogP contribution is 2.22. The van der Waals surface area contributed by atoms with Gasteiger partial charge in [-0.15, -0.1) is 0 Å². The molecule has 0 fully saturated rings. The summed E-state index contributed by atoms with van der Waals surface area (Å²) in [5, 5.41) is 3.53. The number of benzene rings is 1. The molecule has 0 saturated heterocycles. The maximum absolute atomic E-state index is 13.2. The van der Waals surface area contributed by atoms with Gasteiger partial charge < -0.3 is 10.3 Å². The smallest absolute Gasteiger partial charge is 0.169 e. The summed E-state index contributed by atoms with van der Waals surface area (Å²) in [4.78, 5) is 0. The van der Waals surface area contributed by atoms with Gasteiger partial charge in [-0.25, -0.2) is 4.39 Å².